The Morgan fingerprint density at radius 1 is 1.43 bits per heavy atom. The first-order valence-corrected chi connectivity index (χ1v) is 16.4. The molecule has 40 heavy (non-hydrogen) atoms. The van der Waals surface area contributed by atoms with Gasteiger partial charge in [-0.15, -0.1) is 6.42 Å². The van der Waals surface area contributed by atoms with Gasteiger partial charge in [0.2, 0.25) is 0 Å². The average molecular weight is 612 g/mol. The summed E-state index contributed by atoms with van der Waals surface area (Å²) in [5.41, 5.74) is -2.19. The molecule has 1 aromatic carbocycles. The summed E-state index contributed by atoms with van der Waals surface area (Å²) < 4.78 is 23.5. The number of hydrogen-bond acceptors (Lipinski definition) is 11. The summed E-state index contributed by atoms with van der Waals surface area (Å²) >= 11 is 7.36. The van der Waals surface area contributed by atoms with Crippen molar-refractivity contribution >= 4 is 42.1 Å². The number of amides is 1. The van der Waals surface area contributed by atoms with Crippen LogP contribution < -0.4 is 14.9 Å². The van der Waals surface area contributed by atoms with Gasteiger partial charge in [0.15, 0.2) is 11.8 Å². The lowest BCUT2D eigenvalue weighted by atomic mass is 9.94. The molecule has 2 aliphatic rings. The average Bonchev–Trinajstić information content (AvgIpc) is 3.15. The summed E-state index contributed by atoms with van der Waals surface area (Å²) in [7, 11) is 0. The third-order valence-corrected chi connectivity index (χ3v) is 8.94. The van der Waals surface area contributed by atoms with Crippen molar-refractivity contribution in [1.82, 2.24) is 15.3 Å². The van der Waals surface area contributed by atoms with Crippen molar-refractivity contribution in [3.63, 3.8) is 0 Å². The van der Waals surface area contributed by atoms with Gasteiger partial charge in [0.05, 0.1) is 12.7 Å². The fraction of sp³-hybridized carbons (Fsp3) is 0.462. The Kier molecular flexibility index (Phi) is 11.2. The smallest absolute Gasteiger partial charge is 0.323 e. The van der Waals surface area contributed by atoms with Crippen molar-refractivity contribution in [2.45, 2.75) is 56.5 Å². The van der Waals surface area contributed by atoms with Crippen LogP contribution >= 0.6 is 18.4 Å². The van der Waals surface area contributed by atoms with Crippen LogP contribution in [-0.2, 0) is 35.4 Å². The molecule has 1 aromatic rings. The highest BCUT2D eigenvalue weighted by atomic mass is 32.5. The largest absolute Gasteiger partial charge is 0.462 e. The third-order valence-electron chi connectivity index (χ3n) is 5.87. The molecule has 0 bridgehead atoms. The molecule has 11 nitrogen and oxygen atoms in total. The van der Waals surface area contributed by atoms with Crippen molar-refractivity contribution < 1.29 is 38.3 Å². The molecule has 1 saturated heterocycles. The standard InChI is InChI=1S/C26H34N3O8PS2/c1-6-26(33)23(31)21(36-25(26)29-14-12-22(30)27-18(29)4)16-34-38(39,37-19-10-8-7-9-11-19)28-20(13-15-40-5)24(32)35-17(2)3/h1,7-12,14,17,20-21,23,25,31,33H,4,13,15-16H2,2-3,5H3,(H,27,30)(H,28,39)/t20?,21-,23-,25-,26-,38?/m1/s1. The molecule has 2 aliphatic heterocycles. The molecule has 2 heterocycles. The Bertz CT molecular complexity index is 1190. The molecule has 0 radical (unpaired) electrons. The van der Waals surface area contributed by atoms with Gasteiger partial charge in [0.1, 0.15) is 29.8 Å². The van der Waals surface area contributed by atoms with Gasteiger partial charge in [-0.05, 0) is 56.2 Å². The number of carbonyl (C=O) groups is 2. The minimum atomic E-state index is -3.49. The number of terminal acetylenes is 1. The van der Waals surface area contributed by atoms with Crippen molar-refractivity contribution in [1.29, 1.82) is 0 Å². The van der Waals surface area contributed by atoms with Gasteiger partial charge in [-0.2, -0.15) is 11.8 Å². The molecule has 4 N–H and O–H groups in total. The summed E-state index contributed by atoms with van der Waals surface area (Å²) in [6.07, 6.45) is 6.03. The summed E-state index contributed by atoms with van der Waals surface area (Å²) in [6.45, 7) is 3.40. The zero-order valence-corrected chi connectivity index (χ0v) is 24.9. The topological polar surface area (TPSA) is 139 Å². The van der Waals surface area contributed by atoms with E-state index in [1.807, 2.05) is 6.26 Å². The molecule has 14 heteroatoms. The number of rotatable bonds is 13. The van der Waals surface area contributed by atoms with Crippen LogP contribution in [-0.4, -0.2) is 81.8 Å². The number of thioether (sulfide) groups is 1. The SMILES string of the molecule is C#C[C@@]1(O)[C@H](O)[C@@H](COP(=S)(NC(CCSC)C(=O)OC(C)C)Oc2ccccc2)O[C@H]1N1C=CC(=O)NC1=C. The first-order chi connectivity index (χ1) is 18.9. The van der Waals surface area contributed by atoms with E-state index in [9.17, 15) is 19.8 Å². The first kappa shape index (κ1) is 32.1. The highest BCUT2D eigenvalue weighted by Gasteiger charge is 2.57. The fourth-order valence-electron chi connectivity index (χ4n) is 3.90. The van der Waals surface area contributed by atoms with Crippen LogP contribution in [0.1, 0.15) is 20.3 Å². The summed E-state index contributed by atoms with van der Waals surface area (Å²) in [5, 5.41) is 27.7. The van der Waals surface area contributed by atoms with E-state index in [1.54, 1.807) is 55.9 Å². The molecule has 0 spiro atoms. The second-order valence-electron chi connectivity index (χ2n) is 9.25. The maximum atomic E-state index is 12.9. The number of aliphatic hydroxyl groups excluding tert-OH is 1. The molecule has 3 rings (SSSR count). The number of benzene rings is 1. The number of hydrogen-bond donors (Lipinski definition) is 4. The fourth-order valence-corrected chi connectivity index (χ4v) is 6.73. The second kappa shape index (κ2) is 14.0. The predicted octanol–water partition coefficient (Wildman–Crippen LogP) is 1.84. The molecule has 1 amide bonds. The maximum Gasteiger partial charge on any atom is 0.323 e. The van der Waals surface area contributed by atoms with Crippen LogP contribution in [0.4, 0.5) is 0 Å². The van der Waals surface area contributed by atoms with E-state index in [2.05, 4.69) is 22.9 Å². The van der Waals surface area contributed by atoms with Crippen molar-refractivity contribution in [3.05, 3.63) is 55.0 Å². The number of para-hydroxylation sites is 1. The van der Waals surface area contributed by atoms with Gasteiger partial charge in [-0.1, -0.05) is 30.7 Å². The summed E-state index contributed by atoms with van der Waals surface area (Å²) in [4.78, 5) is 25.9. The van der Waals surface area contributed by atoms with E-state index in [0.29, 0.717) is 17.9 Å². The van der Waals surface area contributed by atoms with E-state index >= 15 is 0 Å². The van der Waals surface area contributed by atoms with Crippen LogP contribution in [0, 0.1) is 12.3 Å². The quantitative estimate of drug-likeness (QED) is 0.147. The number of nitrogens with one attached hydrogen (secondary N) is 2. The summed E-state index contributed by atoms with van der Waals surface area (Å²) in [6, 6.07) is 7.86. The monoisotopic (exact) mass is 611 g/mol. The van der Waals surface area contributed by atoms with Crippen LogP contribution in [0.3, 0.4) is 0 Å². The van der Waals surface area contributed by atoms with E-state index in [-0.39, 0.29) is 18.5 Å². The van der Waals surface area contributed by atoms with Crippen molar-refractivity contribution in [2.24, 2.45) is 0 Å². The van der Waals surface area contributed by atoms with Crippen molar-refractivity contribution in [2.75, 3.05) is 18.6 Å². The highest BCUT2D eigenvalue weighted by molar-refractivity contribution is 8.09. The Morgan fingerprint density at radius 2 is 2.12 bits per heavy atom. The molecule has 6 atom stereocenters. The third kappa shape index (κ3) is 7.87. The molecule has 218 valence electrons. The lowest BCUT2D eigenvalue weighted by Gasteiger charge is -2.36. The van der Waals surface area contributed by atoms with Crippen LogP contribution in [0.15, 0.2) is 55.0 Å². The van der Waals surface area contributed by atoms with Gasteiger partial charge in [0, 0.05) is 12.3 Å². The van der Waals surface area contributed by atoms with Gasteiger partial charge in [0.25, 0.3) is 5.91 Å². The van der Waals surface area contributed by atoms with E-state index in [1.165, 1.54) is 17.2 Å². The molecule has 2 unspecified atom stereocenters. The Hall–Kier alpha value is -2.40. The molecule has 0 saturated carbocycles. The zero-order chi connectivity index (χ0) is 29.5. The van der Waals surface area contributed by atoms with Gasteiger partial charge >= 0.3 is 12.6 Å². The van der Waals surface area contributed by atoms with E-state index < -0.39 is 48.6 Å². The van der Waals surface area contributed by atoms with E-state index in [4.69, 9.17) is 36.8 Å². The Balaban J connectivity index is 1.84. The summed E-state index contributed by atoms with van der Waals surface area (Å²) in [5.74, 6) is 2.40. The zero-order valence-electron chi connectivity index (χ0n) is 22.4. The van der Waals surface area contributed by atoms with Gasteiger partial charge in [-0.25, -0.2) is 5.09 Å². The lowest BCUT2D eigenvalue weighted by Crippen LogP contribution is -2.54. The second-order valence-corrected chi connectivity index (χ2v) is 13.4. The van der Waals surface area contributed by atoms with Crippen LogP contribution in [0.5, 0.6) is 5.75 Å². The molecule has 0 aliphatic carbocycles. The molecule has 1 fully saturated rings. The first-order valence-electron chi connectivity index (χ1n) is 12.4. The molecular formula is C26H34N3O8PS2. The van der Waals surface area contributed by atoms with E-state index in [0.717, 1.165) is 0 Å². The lowest BCUT2D eigenvalue weighted by molar-refractivity contribution is -0.149. The minimum Gasteiger partial charge on any atom is -0.462 e. The number of esters is 1. The number of ether oxygens (including phenoxy) is 2. The Labute approximate surface area is 243 Å². The maximum absolute atomic E-state index is 12.9. The molecule has 0 aromatic heterocycles. The van der Waals surface area contributed by atoms with Crippen LogP contribution in [0.25, 0.3) is 0 Å². The number of nitrogens with zero attached hydrogens (tertiary/aromatic N) is 1. The minimum absolute atomic E-state index is 0.0967. The number of carbonyl (C=O) groups excluding carboxylic acids is 2. The molecular weight excluding hydrogens is 577 g/mol. The predicted molar refractivity (Wildman–Crippen MR) is 155 cm³/mol. The Morgan fingerprint density at radius 3 is 2.73 bits per heavy atom. The van der Waals surface area contributed by atoms with Gasteiger partial charge in [-0.3, -0.25) is 9.59 Å². The van der Waals surface area contributed by atoms with Crippen molar-refractivity contribution in [3.8, 4) is 18.1 Å². The highest BCUT2D eigenvalue weighted by Crippen LogP contribution is 2.47. The normalized spacial score (nSPS) is 26.6. The van der Waals surface area contributed by atoms with Crippen LogP contribution in [0.2, 0.25) is 0 Å². The van der Waals surface area contributed by atoms with Gasteiger partial charge < -0.3 is 39.0 Å². The number of aliphatic hydroxyl groups is 2.